The van der Waals surface area contributed by atoms with E-state index in [4.69, 9.17) is 18.5 Å². The summed E-state index contributed by atoms with van der Waals surface area (Å²) in [5, 5.41) is 3.76. The van der Waals surface area contributed by atoms with Gasteiger partial charge in [-0.05, 0) is 34.6 Å². The predicted molar refractivity (Wildman–Crippen MR) is 100 cm³/mol. The van der Waals surface area contributed by atoms with Crippen molar-refractivity contribution in [2.45, 2.75) is 40.3 Å². The minimum Gasteiger partial charge on any atom is -0.468 e. The molecule has 0 spiro atoms. The predicted octanol–water partition coefficient (Wildman–Crippen LogP) is 2.10. The summed E-state index contributed by atoms with van der Waals surface area (Å²) in [5.74, 6) is -3.40. The third-order valence-corrected chi connectivity index (χ3v) is 5.73. The normalized spacial score (nSPS) is 14.0. The molecule has 2 unspecified atom stereocenters. The highest BCUT2D eigenvalue weighted by molar-refractivity contribution is 7.55. The summed E-state index contributed by atoms with van der Waals surface area (Å²) in [5.41, 5.74) is 0.334. The number of nitrogens with zero attached hydrogens (tertiary/aromatic N) is 1. The highest BCUT2D eigenvalue weighted by Crippen LogP contribution is 2.56. The van der Waals surface area contributed by atoms with Gasteiger partial charge in [-0.2, -0.15) is 5.10 Å². The Kier molecular flexibility index (Phi) is 12.3. The molecule has 0 aliphatic rings. The summed E-state index contributed by atoms with van der Waals surface area (Å²) in [6.45, 7) is 7.62. The molecule has 0 aromatic heterocycles. The fourth-order valence-corrected chi connectivity index (χ4v) is 4.41. The number of carbonyl (C=O) groups is 3. The van der Waals surface area contributed by atoms with E-state index in [1.165, 1.54) is 6.92 Å². The van der Waals surface area contributed by atoms with E-state index in [9.17, 15) is 18.9 Å². The molecule has 0 bridgehead atoms. The van der Waals surface area contributed by atoms with Crippen molar-refractivity contribution in [1.29, 1.82) is 0 Å². The number of methoxy groups -OCH3 is 1. The second-order valence-corrected chi connectivity index (χ2v) is 7.31. The van der Waals surface area contributed by atoms with Crippen LogP contribution in [0.25, 0.3) is 0 Å². The van der Waals surface area contributed by atoms with Crippen LogP contribution in [0, 0.1) is 5.92 Å². The van der Waals surface area contributed by atoms with Gasteiger partial charge in [0.05, 0.1) is 39.2 Å². The fourth-order valence-electron chi connectivity index (χ4n) is 2.25. The SMILES string of the molecule is CCOC(=O)N/N=C(\C)C(C(=O)OC)C(C(=O)OCC)P(=O)(OCC)OCC. The summed E-state index contributed by atoms with van der Waals surface area (Å²) in [6, 6.07) is 0. The van der Waals surface area contributed by atoms with E-state index < -0.39 is 37.2 Å². The van der Waals surface area contributed by atoms with Gasteiger partial charge in [0.15, 0.2) is 5.66 Å². The average molecular weight is 424 g/mol. The van der Waals surface area contributed by atoms with Crippen molar-refractivity contribution < 1.29 is 42.2 Å². The molecule has 0 aliphatic carbocycles. The largest absolute Gasteiger partial charge is 0.468 e. The zero-order chi connectivity index (χ0) is 21.7. The van der Waals surface area contributed by atoms with Gasteiger partial charge in [0.2, 0.25) is 0 Å². The first-order valence-corrected chi connectivity index (χ1v) is 10.4. The molecule has 28 heavy (non-hydrogen) atoms. The van der Waals surface area contributed by atoms with Crippen LogP contribution in [-0.4, -0.2) is 62.9 Å². The molecule has 1 N–H and O–H groups in total. The summed E-state index contributed by atoms with van der Waals surface area (Å²) in [6.07, 6.45) is -0.865. The Morgan fingerprint density at radius 1 is 0.929 bits per heavy atom. The number of hydrogen-bond donors (Lipinski definition) is 1. The second kappa shape index (κ2) is 13.2. The van der Waals surface area contributed by atoms with Crippen LogP contribution in [0.4, 0.5) is 4.79 Å². The molecular formula is C16H29N2O9P. The molecule has 0 saturated heterocycles. The summed E-state index contributed by atoms with van der Waals surface area (Å²) in [4.78, 5) is 36.5. The highest BCUT2D eigenvalue weighted by Gasteiger charge is 2.52. The lowest BCUT2D eigenvalue weighted by Crippen LogP contribution is -2.42. The van der Waals surface area contributed by atoms with Gasteiger partial charge in [-0.25, -0.2) is 10.2 Å². The van der Waals surface area contributed by atoms with Crippen molar-refractivity contribution in [2.24, 2.45) is 11.0 Å². The Morgan fingerprint density at radius 3 is 1.89 bits per heavy atom. The second-order valence-electron chi connectivity index (χ2n) is 5.16. The number of esters is 2. The van der Waals surface area contributed by atoms with E-state index in [0.29, 0.717) is 0 Å². The molecule has 0 aromatic carbocycles. The maximum Gasteiger partial charge on any atom is 0.427 e. The molecule has 1 amide bonds. The first-order valence-electron chi connectivity index (χ1n) is 8.82. The quantitative estimate of drug-likeness (QED) is 0.164. The Morgan fingerprint density at radius 2 is 1.46 bits per heavy atom. The number of ether oxygens (including phenoxy) is 3. The molecule has 0 fully saturated rings. The third-order valence-electron chi connectivity index (χ3n) is 3.31. The van der Waals surface area contributed by atoms with Crippen LogP contribution in [0.3, 0.4) is 0 Å². The van der Waals surface area contributed by atoms with Gasteiger partial charge in [-0.3, -0.25) is 14.2 Å². The van der Waals surface area contributed by atoms with Crippen molar-refractivity contribution in [3.63, 3.8) is 0 Å². The third kappa shape index (κ3) is 7.57. The molecule has 12 heteroatoms. The molecule has 2 atom stereocenters. The summed E-state index contributed by atoms with van der Waals surface area (Å²) >= 11 is 0. The Balaban J connectivity index is 6.22. The highest BCUT2D eigenvalue weighted by atomic mass is 31.2. The zero-order valence-electron chi connectivity index (χ0n) is 17.1. The van der Waals surface area contributed by atoms with Crippen LogP contribution in [-0.2, 0) is 37.4 Å². The topological polar surface area (TPSA) is 139 Å². The number of hydrazone groups is 1. The molecule has 11 nitrogen and oxygen atoms in total. The van der Waals surface area contributed by atoms with Crippen molar-refractivity contribution in [1.82, 2.24) is 5.43 Å². The summed E-state index contributed by atoms with van der Waals surface area (Å²) < 4.78 is 38.2. The van der Waals surface area contributed by atoms with Crippen molar-refractivity contribution in [2.75, 3.05) is 33.5 Å². The number of nitrogens with one attached hydrogen (secondary N) is 1. The van der Waals surface area contributed by atoms with Crippen molar-refractivity contribution in [3.05, 3.63) is 0 Å². The van der Waals surface area contributed by atoms with Crippen LogP contribution in [0.5, 0.6) is 0 Å². The molecule has 0 radical (unpaired) electrons. The van der Waals surface area contributed by atoms with Gasteiger partial charge in [-0.15, -0.1) is 0 Å². The van der Waals surface area contributed by atoms with Crippen LogP contribution < -0.4 is 5.43 Å². The van der Waals surface area contributed by atoms with E-state index in [1.54, 1.807) is 27.7 Å². The molecular weight excluding hydrogens is 395 g/mol. The molecule has 162 valence electrons. The van der Waals surface area contributed by atoms with E-state index in [0.717, 1.165) is 7.11 Å². The van der Waals surface area contributed by atoms with E-state index in [1.807, 2.05) is 0 Å². The monoisotopic (exact) mass is 424 g/mol. The summed E-state index contributed by atoms with van der Waals surface area (Å²) in [7, 11) is -3.06. The number of hydrogen-bond acceptors (Lipinski definition) is 10. The van der Waals surface area contributed by atoms with Crippen molar-refractivity contribution >= 4 is 31.3 Å². The van der Waals surface area contributed by atoms with Crippen LogP contribution in [0.15, 0.2) is 5.10 Å². The standard InChI is InChI=1S/C16H29N2O9P/c1-7-24-15(20)13(28(22,26-9-3)27-10-4)12(14(19)23-6)11(5)17-18-16(21)25-8-2/h12-13H,7-10H2,1-6H3,(H,18,21)/b17-11+. The molecule has 0 saturated carbocycles. The van der Waals surface area contributed by atoms with Gasteiger partial charge in [0, 0.05) is 0 Å². The number of rotatable bonds is 12. The first-order chi connectivity index (χ1) is 13.2. The first kappa shape index (κ1) is 26.0. The Bertz CT molecular complexity index is 599. The lowest BCUT2D eigenvalue weighted by atomic mass is 10.00. The van der Waals surface area contributed by atoms with Crippen LogP contribution in [0.1, 0.15) is 34.6 Å². The van der Waals surface area contributed by atoms with Gasteiger partial charge in [0.25, 0.3) is 0 Å². The van der Waals surface area contributed by atoms with Crippen LogP contribution in [0.2, 0.25) is 0 Å². The number of carbonyl (C=O) groups excluding carboxylic acids is 3. The van der Waals surface area contributed by atoms with E-state index in [-0.39, 0.29) is 32.1 Å². The maximum atomic E-state index is 13.3. The minimum atomic E-state index is -4.15. The minimum absolute atomic E-state index is 0.0290. The van der Waals surface area contributed by atoms with Gasteiger partial charge >= 0.3 is 25.6 Å². The van der Waals surface area contributed by atoms with Crippen molar-refractivity contribution in [3.8, 4) is 0 Å². The Labute approximate surface area is 164 Å². The molecule has 0 rings (SSSR count). The zero-order valence-corrected chi connectivity index (χ0v) is 17.9. The molecule has 0 heterocycles. The number of amides is 1. The van der Waals surface area contributed by atoms with Gasteiger partial charge in [-0.1, -0.05) is 0 Å². The van der Waals surface area contributed by atoms with E-state index >= 15 is 0 Å². The smallest absolute Gasteiger partial charge is 0.427 e. The molecule has 0 aliphatic heterocycles. The lowest BCUT2D eigenvalue weighted by molar-refractivity contribution is -0.151. The van der Waals surface area contributed by atoms with Gasteiger partial charge < -0.3 is 23.3 Å². The molecule has 0 aromatic rings. The van der Waals surface area contributed by atoms with E-state index in [2.05, 4.69) is 15.3 Å². The Hall–Kier alpha value is -1.97. The average Bonchev–Trinajstić information content (AvgIpc) is 2.64. The van der Waals surface area contributed by atoms with Gasteiger partial charge in [0.1, 0.15) is 5.92 Å². The van der Waals surface area contributed by atoms with Crippen LogP contribution >= 0.6 is 7.60 Å². The lowest BCUT2D eigenvalue weighted by Gasteiger charge is -2.29. The maximum absolute atomic E-state index is 13.3. The fraction of sp³-hybridized carbons (Fsp3) is 0.750.